The molecule has 6 heteroatoms. The van der Waals surface area contributed by atoms with E-state index in [-0.39, 0.29) is 17.1 Å². The zero-order chi connectivity index (χ0) is 15.6. The molecule has 1 aromatic rings. The van der Waals surface area contributed by atoms with Crippen LogP contribution in [0, 0.1) is 11.3 Å². The fraction of sp³-hybridized carbons (Fsp3) is 0.643. The first-order chi connectivity index (χ1) is 9.04. The van der Waals surface area contributed by atoms with E-state index in [4.69, 9.17) is 0 Å². The predicted molar refractivity (Wildman–Crippen MR) is 75.9 cm³/mol. The largest absolute Gasteiger partial charge is 0.416 e. The Hall–Kier alpha value is -1.46. The number of nitrogens with one attached hydrogen (secondary N) is 2. The monoisotopic (exact) mass is 289 g/mol. The highest BCUT2D eigenvalue weighted by molar-refractivity contribution is 5.49. The molecule has 1 unspecified atom stereocenters. The Morgan fingerprint density at radius 3 is 2.15 bits per heavy atom. The Kier molecular flexibility index (Phi) is 4.89. The highest BCUT2D eigenvalue weighted by Crippen LogP contribution is 2.32. The molecular weight excluding hydrogens is 267 g/mol. The second kappa shape index (κ2) is 5.89. The summed E-state index contributed by atoms with van der Waals surface area (Å²) in [6.45, 7) is 8.91. The number of aromatic nitrogens is 1. The van der Waals surface area contributed by atoms with Crippen molar-refractivity contribution in [1.29, 1.82) is 0 Å². The zero-order valence-electron chi connectivity index (χ0n) is 12.5. The molecule has 0 aliphatic carbocycles. The molecule has 114 valence electrons. The van der Waals surface area contributed by atoms with Crippen LogP contribution >= 0.6 is 0 Å². The summed E-state index contributed by atoms with van der Waals surface area (Å²) in [5.74, 6) is 0.739. The minimum absolute atomic E-state index is 0.0838. The summed E-state index contributed by atoms with van der Waals surface area (Å²) in [6.07, 6.45) is -4.37. The van der Waals surface area contributed by atoms with Gasteiger partial charge in [0.15, 0.2) is 0 Å². The van der Waals surface area contributed by atoms with Crippen LogP contribution in [0.2, 0.25) is 0 Å². The van der Waals surface area contributed by atoms with Crippen LogP contribution in [0.4, 0.5) is 24.8 Å². The number of rotatable bonds is 4. The van der Waals surface area contributed by atoms with Crippen molar-refractivity contribution >= 4 is 11.6 Å². The van der Waals surface area contributed by atoms with Gasteiger partial charge < -0.3 is 10.6 Å². The van der Waals surface area contributed by atoms with Crippen molar-refractivity contribution in [1.82, 2.24) is 4.98 Å². The lowest BCUT2D eigenvalue weighted by molar-refractivity contribution is -0.137. The van der Waals surface area contributed by atoms with Crippen molar-refractivity contribution in [3.05, 3.63) is 17.7 Å². The van der Waals surface area contributed by atoms with E-state index in [1.807, 2.05) is 0 Å². The number of alkyl halides is 3. The van der Waals surface area contributed by atoms with Gasteiger partial charge >= 0.3 is 6.18 Å². The zero-order valence-corrected chi connectivity index (χ0v) is 12.5. The second-order valence-electron chi connectivity index (χ2n) is 6.02. The number of halogens is 3. The van der Waals surface area contributed by atoms with E-state index >= 15 is 0 Å². The third-order valence-electron chi connectivity index (χ3n) is 3.48. The molecule has 1 heterocycles. The molecule has 3 nitrogen and oxygen atoms in total. The van der Waals surface area contributed by atoms with Gasteiger partial charge in [0.25, 0.3) is 0 Å². The Morgan fingerprint density at radius 2 is 1.70 bits per heavy atom. The summed E-state index contributed by atoms with van der Waals surface area (Å²) in [6, 6.07) is 2.04. The van der Waals surface area contributed by atoms with E-state index in [0.29, 0.717) is 12.5 Å². The minimum atomic E-state index is -4.37. The highest BCUT2D eigenvalue weighted by atomic mass is 19.4. The van der Waals surface area contributed by atoms with Gasteiger partial charge in [0.05, 0.1) is 5.56 Å². The first kappa shape index (κ1) is 16.6. The van der Waals surface area contributed by atoms with Crippen LogP contribution in [0.15, 0.2) is 12.1 Å². The number of hydrogen-bond acceptors (Lipinski definition) is 3. The average Bonchev–Trinajstić information content (AvgIpc) is 2.33. The minimum Gasteiger partial charge on any atom is -0.373 e. The number of hydrogen-bond donors (Lipinski definition) is 2. The molecule has 0 aromatic carbocycles. The molecule has 0 saturated carbocycles. The molecule has 0 aliphatic rings. The van der Waals surface area contributed by atoms with Crippen LogP contribution in [0.25, 0.3) is 0 Å². The van der Waals surface area contributed by atoms with E-state index in [0.717, 1.165) is 12.1 Å². The molecule has 0 amide bonds. The fourth-order valence-electron chi connectivity index (χ4n) is 1.48. The standard InChI is InChI=1S/C14H22F3N3/c1-9(13(2,3)4)8-19-12-7-10(14(15,16)17)6-11(18-5)20-12/h6-7,9H,8H2,1-5H3,(H2,18,19,20). The Morgan fingerprint density at radius 1 is 1.15 bits per heavy atom. The van der Waals surface area contributed by atoms with E-state index in [1.165, 1.54) is 0 Å². The molecule has 0 saturated heterocycles. The van der Waals surface area contributed by atoms with Crippen LogP contribution in [0.5, 0.6) is 0 Å². The maximum absolute atomic E-state index is 12.8. The van der Waals surface area contributed by atoms with Gasteiger partial charge in [-0.25, -0.2) is 4.98 Å². The van der Waals surface area contributed by atoms with Crippen LogP contribution in [0.1, 0.15) is 33.3 Å². The highest BCUT2D eigenvalue weighted by Gasteiger charge is 2.31. The van der Waals surface area contributed by atoms with Gasteiger partial charge in [0.2, 0.25) is 0 Å². The van der Waals surface area contributed by atoms with Gasteiger partial charge in [0.1, 0.15) is 11.6 Å². The molecule has 20 heavy (non-hydrogen) atoms. The summed E-state index contributed by atoms with van der Waals surface area (Å²) in [7, 11) is 1.55. The SMILES string of the molecule is CNc1cc(C(F)(F)F)cc(NCC(C)C(C)(C)C)n1. The van der Waals surface area contributed by atoms with Crippen molar-refractivity contribution in [3.63, 3.8) is 0 Å². The van der Waals surface area contributed by atoms with Gasteiger partial charge in [-0.1, -0.05) is 27.7 Å². The van der Waals surface area contributed by atoms with Gasteiger partial charge in [-0.15, -0.1) is 0 Å². The van der Waals surface area contributed by atoms with E-state index in [1.54, 1.807) is 7.05 Å². The molecule has 1 aromatic heterocycles. The molecule has 0 fully saturated rings. The molecular formula is C14H22F3N3. The van der Waals surface area contributed by atoms with Crippen molar-refractivity contribution in [2.75, 3.05) is 24.2 Å². The van der Waals surface area contributed by atoms with Crippen molar-refractivity contribution in [2.24, 2.45) is 11.3 Å². The Bertz CT molecular complexity index is 450. The summed E-state index contributed by atoms with van der Waals surface area (Å²) < 4.78 is 38.4. The third kappa shape index (κ3) is 4.58. The molecule has 0 bridgehead atoms. The molecule has 1 rings (SSSR count). The van der Waals surface area contributed by atoms with Crippen LogP contribution in [0.3, 0.4) is 0 Å². The quantitative estimate of drug-likeness (QED) is 0.870. The summed E-state index contributed by atoms with van der Waals surface area (Å²) in [4.78, 5) is 4.10. The van der Waals surface area contributed by atoms with Crippen LogP contribution in [-0.4, -0.2) is 18.6 Å². The summed E-state index contributed by atoms with van der Waals surface area (Å²) in [5, 5.41) is 5.63. The number of pyridine rings is 1. The van der Waals surface area contributed by atoms with Gasteiger partial charge in [-0.3, -0.25) is 0 Å². The van der Waals surface area contributed by atoms with E-state index in [9.17, 15) is 13.2 Å². The molecule has 0 spiro atoms. The third-order valence-corrected chi connectivity index (χ3v) is 3.48. The second-order valence-corrected chi connectivity index (χ2v) is 6.02. The molecule has 0 radical (unpaired) electrons. The smallest absolute Gasteiger partial charge is 0.373 e. The van der Waals surface area contributed by atoms with Crippen molar-refractivity contribution in [3.8, 4) is 0 Å². The fourth-order valence-corrected chi connectivity index (χ4v) is 1.48. The summed E-state index contributed by atoms with van der Waals surface area (Å²) >= 11 is 0. The molecule has 0 aliphatic heterocycles. The average molecular weight is 289 g/mol. The number of nitrogens with zero attached hydrogens (tertiary/aromatic N) is 1. The molecule has 2 N–H and O–H groups in total. The predicted octanol–water partition coefficient (Wildman–Crippen LogP) is 4.24. The lowest BCUT2D eigenvalue weighted by atomic mass is 9.82. The molecule has 1 atom stereocenters. The van der Waals surface area contributed by atoms with Crippen LogP contribution < -0.4 is 10.6 Å². The van der Waals surface area contributed by atoms with Crippen molar-refractivity contribution < 1.29 is 13.2 Å². The Labute approximate surface area is 118 Å². The lowest BCUT2D eigenvalue weighted by Gasteiger charge is -2.27. The van der Waals surface area contributed by atoms with Gasteiger partial charge in [-0.05, 0) is 23.5 Å². The van der Waals surface area contributed by atoms with E-state index in [2.05, 4.69) is 43.3 Å². The number of anilines is 2. The normalized spacial score (nSPS) is 14.0. The van der Waals surface area contributed by atoms with Gasteiger partial charge in [-0.2, -0.15) is 13.2 Å². The van der Waals surface area contributed by atoms with E-state index < -0.39 is 11.7 Å². The lowest BCUT2D eigenvalue weighted by Crippen LogP contribution is -2.25. The van der Waals surface area contributed by atoms with Crippen molar-refractivity contribution in [2.45, 2.75) is 33.9 Å². The van der Waals surface area contributed by atoms with Crippen LogP contribution in [-0.2, 0) is 6.18 Å². The first-order valence-corrected chi connectivity index (χ1v) is 6.55. The topological polar surface area (TPSA) is 37.0 Å². The van der Waals surface area contributed by atoms with Gasteiger partial charge in [0, 0.05) is 13.6 Å². The maximum atomic E-state index is 12.8. The Balaban J connectivity index is 2.90. The summed E-state index contributed by atoms with van der Waals surface area (Å²) in [5.41, 5.74) is -0.622. The first-order valence-electron chi connectivity index (χ1n) is 6.55. The maximum Gasteiger partial charge on any atom is 0.416 e.